The summed E-state index contributed by atoms with van der Waals surface area (Å²) in [5.74, 6) is -0.765. The highest BCUT2D eigenvalue weighted by Crippen LogP contribution is 2.41. The van der Waals surface area contributed by atoms with E-state index in [1.54, 1.807) is 13.0 Å². The third kappa shape index (κ3) is 4.31. The topological polar surface area (TPSA) is 115 Å². The van der Waals surface area contributed by atoms with E-state index in [1.165, 1.54) is 17.8 Å². The molecule has 3 rings (SSSR count). The Balaban J connectivity index is 1.91. The van der Waals surface area contributed by atoms with Crippen molar-refractivity contribution in [2.45, 2.75) is 26.7 Å². The Hall–Kier alpha value is -2.91. The van der Waals surface area contributed by atoms with Crippen LogP contribution in [0, 0.1) is 6.92 Å². The van der Waals surface area contributed by atoms with Crippen LogP contribution in [-0.2, 0) is 16.6 Å². The smallest absolute Gasteiger partial charge is 0.291 e. The Bertz CT molecular complexity index is 1140. The van der Waals surface area contributed by atoms with Crippen LogP contribution in [0.1, 0.15) is 30.9 Å². The number of hydrogen-bond acceptors (Lipinski definition) is 6. The van der Waals surface area contributed by atoms with Gasteiger partial charge in [0, 0.05) is 24.4 Å². The van der Waals surface area contributed by atoms with Crippen molar-refractivity contribution in [2.24, 2.45) is 12.0 Å². The van der Waals surface area contributed by atoms with Gasteiger partial charge in [0.15, 0.2) is 11.6 Å². The van der Waals surface area contributed by atoms with Crippen LogP contribution in [0.15, 0.2) is 21.9 Å². The first-order valence-corrected chi connectivity index (χ1v) is 9.74. The molecule has 1 aliphatic rings. The van der Waals surface area contributed by atoms with Gasteiger partial charge in [-0.05, 0) is 24.5 Å². The summed E-state index contributed by atoms with van der Waals surface area (Å²) in [5.41, 5.74) is 1.14. The number of halogens is 2. The summed E-state index contributed by atoms with van der Waals surface area (Å²) in [4.78, 5) is 39.5. The van der Waals surface area contributed by atoms with Gasteiger partial charge in [0.2, 0.25) is 11.8 Å². The fraction of sp³-hybridized carbons (Fsp3) is 0.316. The maximum Gasteiger partial charge on any atom is 0.291 e. The molecule has 0 saturated carbocycles. The predicted molar refractivity (Wildman–Crippen MR) is 114 cm³/mol. The maximum atomic E-state index is 12.3. The number of amidine groups is 1. The van der Waals surface area contributed by atoms with Gasteiger partial charge in [-0.25, -0.2) is 4.68 Å². The van der Waals surface area contributed by atoms with Crippen LogP contribution in [0.25, 0.3) is 0 Å². The van der Waals surface area contributed by atoms with Gasteiger partial charge in [-0.3, -0.25) is 19.4 Å². The van der Waals surface area contributed by atoms with Gasteiger partial charge in [-0.2, -0.15) is 0 Å². The number of nitrogens with one attached hydrogen (secondary N) is 2. The number of aromatic nitrogens is 2. The first kappa shape index (κ1) is 21.8. The molecule has 0 atom stereocenters. The van der Waals surface area contributed by atoms with E-state index in [0.29, 0.717) is 16.8 Å². The summed E-state index contributed by atoms with van der Waals surface area (Å²) < 4.78 is 6.98. The van der Waals surface area contributed by atoms with Crippen LogP contribution in [0.4, 0.5) is 5.69 Å². The summed E-state index contributed by atoms with van der Waals surface area (Å²) in [6, 6.07) is 3.02. The molecule has 9 nitrogen and oxygen atoms in total. The maximum absolute atomic E-state index is 12.3. The lowest BCUT2D eigenvalue weighted by Gasteiger charge is -2.16. The molecule has 0 spiro atoms. The highest BCUT2D eigenvalue weighted by molar-refractivity contribution is 6.46. The summed E-state index contributed by atoms with van der Waals surface area (Å²) >= 11 is 12.8. The first-order chi connectivity index (χ1) is 14.1. The highest BCUT2D eigenvalue weighted by atomic mass is 35.5. The third-order valence-electron chi connectivity index (χ3n) is 4.42. The first-order valence-electron chi connectivity index (χ1n) is 8.98. The fourth-order valence-corrected chi connectivity index (χ4v) is 3.29. The van der Waals surface area contributed by atoms with E-state index < -0.39 is 5.91 Å². The van der Waals surface area contributed by atoms with Gasteiger partial charge >= 0.3 is 0 Å². The van der Waals surface area contributed by atoms with E-state index in [2.05, 4.69) is 20.7 Å². The summed E-state index contributed by atoms with van der Waals surface area (Å²) in [7, 11) is 1.53. The number of carbonyl (C=O) groups excluding carboxylic acids is 2. The van der Waals surface area contributed by atoms with Gasteiger partial charge in [0.25, 0.3) is 11.5 Å². The molecule has 2 aromatic rings. The molecule has 0 saturated heterocycles. The number of nitrogens with zero attached hydrogens (tertiary/aromatic N) is 3. The quantitative estimate of drug-likeness (QED) is 0.724. The van der Waals surface area contributed by atoms with E-state index in [1.807, 2.05) is 13.8 Å². The lowest BCUT2D eigenvalue weighted by Crippen LogP contribution is -2.35. The minimum Gasteiger partial charge on any atom is -0.434 e. The van der Waals surface area contributed by atoms with Gasteiger partial charge in [0.1, 0.15) is 6.54 Å². The molecule has 0 radical (unpaired) electrons. The van der Waals surface area contributed by atoms with Crippen molar-refractivity contribution in [1.29, 1.82) is 0 Å². The Morgan fingerprint density at radius 3 is 2.60 bits per heavy atom. The average molecular weight is 452 g/mol. The second kappa shape index (κ2) is 8.45. The molecule has 11 heteroatoms. The number of ether oxygens (including phenoxy) is 1. The van der Waals surface area contributed by atoms with E-state index in [0.717, 1.165) is 0 Å². The number of hydrogen-bond donors (Lipinski definition) is 2. The third-order valence-corrected chi connectivity index (χ3v) is 5.16. The highest BCUT2D eigenvalue weighted by Gasteiger charge is 2.23. The van der Waals surface area contributed by atoms with Crippen molar-refractivity contribution in [3.05, 3.63) is 43.7 Å². The molecule has 0 unspecified atom stereocenters. The average Bonchev–Trinajstić information content (AvgIpc) is 3.12. The van der Waals surface area contributed by atoms with E-state index in [4.69, 9.17) is 27.9 Å². The zero-order chi connectivity index (χ0) is 22.2. The number of aryl methyl sites for hydroxylation is 1. The van der Waals surface area contributed by atoms with Crippen molar-refractivity contribution >= 4 is 46.5 Å². The van der Waals surface area contributed by atoms with Crippen LogP contribution < -0.4 is 20.9 Å². The van der Waals surface area contributed by atoms with Gasteiger partial charge in [-0.15, -0.1) is 5.10 Å². The van der Waals surface area contributed by atoms with Crippen LogP contribution in [-0.4, -0.2) is 34.0 Å². The molecule has 0 aliphatic carbocycles. The molecule has 2 amide bonds. The normalized spacial score (nSPS) is 13.3. The van der Waals surface area contributed by atoms with E-state index >= 15 is 0 Å². The second-order valence-electron chi connectivity index (χ2n) is 6.96. The molecule has 1 aliphatic heterocycles. The van der Waals surface area contributed by atoms with E-state index in [-0.39, 0.29) is 51.4 Å². The Morgan fingerprint density at radius 1 is 1.30 bits per heavy atom. The second-order valence-corrected chi connectivity index (χ2v) is 7.75. The Morgan fingerprint density at radius 2 is 2.00 bits per heavy atom. The molecule has 2 heterocycles. The zero-order valence-electron chi connectivity index (χ0n) is 16.7. The number of amides is 2. The standard InChI is InChI=1S/C19H19Cl2N5O4/c1-8(2)10-5-14(25-26(4)19(10)29)30-16-11(20)6-12(9(3)15(16)21)23-18(28)17-22-7-13(27)24-17/h5-6,8H,7H2,1-4H3,(H,23,28)(H,22,24,27). The molecule has 1 aromatic heterocycles. The summed E-state index contributed by atoms with van der Waals surface area (Å²) in [5, 5.41) is 9.36. The molecule has 158 valence electrons. The summed E-state index contributed by atoms with van der Waals surface area (Å²) in [6.07, 6.45) is 0. The number of aliphatic imine (C=N–C) groups is 1. The number of carbonyl (C=O) groups is 2. The van der Waals surface area contributed by atoms with Crippen molar-refractivity contribution < 1.29 is 14.3 Å². The Labute approximate surface area is 182 Å². The largest absolute Gasteiger partial charge is 0.434 e. The minimum atomic E-state index is -0.592. The SMILES string of the molecule is Cc1c(NC(=O)C2=NCC(=O)N2)cc(Cl)c(Oc2cc(C(C)C)c(=O)n(C)n2)c1Cl. The number of rotatable bonds is 5. The minimum absolute atomic E-state index is 0.0293. The van der Waals surface area contributed by atoms with Crippen molar-refractivity contribution in [1.82, 2.24) is 15.1 Å². The van der Waals surface area contributed by atoms with Crippen molar-refractivity contribution in [3.8, 4) is 11.6 Å². The molecule has 1 aromatic carbocycles. The zero-order valence-corrected chi connectivity index (χ0v) is 18.2. The molecule has 30 heavy (non-hydrogen) atoms. The van der Waals surface area contributed by atoms with Gasteiger partial charge in [-0.1, -0.05) is 37.0 Å². The lowest BCUT2D eigenvalue weighted by molar-refractivity contribution is -0.118. The van der Waals surface area contributed by atoms with Crippen LogP contribution in [0.3, 0.4) is 0 Å². The lowest BCUT2D eigenvalue weighted by atomic mass is 10.1. The molecule has 2 N–H and O–H groups in total. The van der Waals surface area contributed by atoms with Crippen molar-refractivity contribution in [2.75, 3.05) is 11.9 Å². The predicted octanol–water partition coefficient (Wildman–Crippen LogP) is 2.78. The summed E-state index contributed by atoms with van der Waals surface area (Å²) in [6.45, 7) is 5.35. The monoisotopic (exact) mass is 451 g/mol. The van der Waals surface area contributed by atoms with E-state index in [9.17, 15) is 14.4 Å². The molecule has 0 fully saturated rings. The van der Waals surface area contributed by atoms with Gasteiger partial charge < -0.3 is 15.4 Å². The van der Waals surface area contributed by atoms with Crippen LogP contribution in [0.5, 0.6) is 11.6 Å². The van der Waals surface area contributed by atoms with Crippen LogP contribution in [0.2, 0.25) is 10.0 Å². The molecular weight excluding hydrogens is 433 g/mol. The fourth-order valence-electron chi connectivity index (χ4n) is 2.76. The van der Waals surface area contributed by atoms with Crippen LogP contribution >= 0.6 is 23.2 Å². The van der Waals surface area contributed by atoms with Crippen molar-refractivity contribution in [3.63, 3.8) is 0 Å². The number of benzene rings is 1. The number of anilines is 1. The molecular formula is C19H19Cl2N5O4. The Kier molecular flexibility index (Phi) is 6.14. The molecule has 0 bridgehead atoms. The van der Waals surface area contributed by atoms with Gasteiger partial charge in [0.05, 0.1) is 10.0 Å².